The summed E-state index contributed by atoms with van der Waals surface area (Å²) >= 11 is 3.34. The maximum atomic E-state index is 12.3. The Hall–Kier alpha value is -1.72. The van der Waals surface area contributed by atoms with Gasteiger partial charge in [0.05, 0.1) is 0 Å². The highest BCUT2D eigenvalue weighted by molar-refractivity contribution is 9.10. The molecule has 0 radical (unpaired) electrons. The third kappa shape index (κ3) is 4.37. The minimum absolute atomic E-state index is 0.219. The molecule has 0 atom stereocenters. The smallest absolute Gasteiger partial charge is 0.275 e. The number of amides is 1. The number of rotatable bonds is 4. The van der Waals surface area contributed by atoms with E-state index in [0.29, 0.717) is 10.2 Å². The van der Waals surface area contributed by atoms with E-state index in [2.05, 4.69) is 37.2 Å². The second kappa shape index (κ2) is 6.83. The van der Waals surface area contributed by atoms with Gasteiger partial charge in [-0.25, -0.2) is 4.98 Å². The van der Waals surface area contributed by atoms with Gasteiger partial charge in [-0.1, -0.05) is 6.07 Å². The lowest BCUT2D eigenvalue weighted by molar-refractivity contribution is 0.102. The van der Waals surface area contributed by atoms with Crippen LogP contribution in [0.3, 0.4) is 0 Å². The van der Waals surface area contributed by atoms with Crippen molar-refractivity contribution in [2.24, 2.45) is 0 Å². The summed E-state index contributed by atoms with van der Waals surface area (Å²) in [5.41, 5.74) is 3.45. The number of aromatic nitrogens is 1. The number of anilines is 1. The molecular weight excluding hydrogens is 330 g/mol. The van der Waals surface area contributed by atoms with Crippen molar-refractivity contribution in [2.45, 2.75) is 13.5 Å². The number of hydrogen-bond donors (Lipinski definition) is 1. The lowest BCUT2D eigenvalue weighted by Crippen LogP contribution is -2.15. The molecule has 0 unspecified atom stereocenters. The molecule has 5 heteroatoms. The summed E-state index contributed by atoms with van der Waals surface area (Å²) in [6.45, 7) is 2.85. The van der Waals surface area contributed by atoms with Crippen LogP contribution in [0.4, 0.5) is 5.69 Å². The van der Waals surface area contributed by atoms with Gasteiger partial charge in [0.2, 0.25) is 0 Å². The summed E-state index contributed by atoms with van der Waals surface area (Å²) in [5.74, 6) is -0.219. The van der Waals surface area contributed by atoms with Crippen LogP contribution in [0.25, 0.3) is 0 Å². The van der Waals surface area contributed by atoms with Crippen LogP contribution in [-0.4, -0.2) is 29.9 Å². The number of nitrogens with zero attached hydrogens (tertiary/aromatic N) is 2. The zero-order valence-electron chi connectivity index (χ0n) is 12.4. The van der Waals surface area contributed by atoms with Gasteiger partial charge in [0.1, 0.15) is 5.69 Å². The number of carbonyl (C=O) groups is 1. The number of aryl methyl sites for hydroxylation is 1. The highest BCUT2D eigenvalue weighted by Gasteiger charge is 2.12. The number of nitrogens with one attached hydrogen (secondary N) is 1. The van der Waals surface area contributed by atoms with Gasteiger partial charge in [-0.2, -0.15) is 0 Å². The second-order valence-corrected chi connectivity index (χ2v) is 6.09. The van der Waals surface area contributed by atoms with Gasteiger partial charge in [-0.15, -0.1) is 0 Å². The van der Waals surface area contributed by atoms with E-state index in [1.807, 2.05) is 33.2 Å². The number of carbonyl (C=O) groups excluding carboxylic acids is 1. The van der Waals surface area contributed by atoms with Crippen LogP contribution < -0.4 is 5.32 Å². The summed E-state index contributed by atoms with van der Waals surface area (Å²) in [5, 5.41) is 2.90. The Kier molecular flexibility index (Phi) is 5.09. The predicted molar refractivity (Wildman–Crippen MR) is 88.5 cm³/mol. The lowest BCUT2D eigenvalue weighted by atomic mass is 10.1. The molecule has 1 amide bonds. The first kappa shape index (κ1) is 15.7. The molecule has 0 aliphatic rings. The fourth-order valence-electron chi connectivity index (χ4n) is 2.13. The van der Waals surface area contributed by atoms with Gasteiger partial charge in [0.25, 0.3) is 5.91 Å². The summed E-state index contributed by atoms with van der Waals surface area (Å²) in [6, 6.07) is 9.64. The van der Waals surface area contributed by atoms with E-state index in [9.17, 15) is 4.79 Å². The molecule has 0 bridgehead atoms. The Bertz CT molecular complexity index is 656. The summed E-state index contributed by atoms with van der Waals surface area (Å²) in [6.07, 6.45) is 1.60. The molecule has 0 aliphatic heterocycles. The van der Waals surface area contributed by atoms with E-state index < -0.39 is 0 Å². The van der Waals surface area contributed by atoms with Crippen molar-refractivity contribution in [1.82, 2.24) is 9.88 Å². The van der Waals surface area contributed by atoms with E-state index in [1.165, 1.54) is 0 Å². The Morgan fingerprint density at radius 2 is 2.10 bits per heavy atom. The van der Waals surface area contributed by atoms with Gasteiger partial charge in [0, 0.05) is 22.9 Å². The van der Waals surface area contributed by atoms with Crippen LogP contribution in [-0.2, 0) is 6.54 Å². The zero-order chi connectivity index (χ0) is 15.4. The maximum absolute atomic E-state index is 12.3. The molecule has 0 saturated heterocycles. The molecule has 4 nitrogen and oxygen atoms in total. The minimum Gasteiger partial charge on any atom is -0.321 e. The lowest BCUT2D eigenvalue weighted by Gasteiger charge is -2.13. The van der Waals surface area contributed by atoms with Crippen molar-refractivity contribution in [2.75, 3.05) is 19.4 Å². The molecule has 0 fully saturated rings. The Balaban J connectivity index is 2.21. The number of benzene rings is 1. The van der Waals surface area contributed by atoms with Crippen LogP contribution in [0, 0.1) is 6.92 Å². The van der Waals surface area contributed by atoms with Gasteiger partial charge >= 0.3 is 0 Å². The topological polar surface area (TPSA) is 45.2 Å². The quantitative estimate of drug-likeness (QED) is 0.920. The van der Waals surface area contributed by atoms with E-state index >= 15 is 0 Å². The maximum Gasteiger partial charge on any atom is 0.275 e. The van der Waals surface area contributed by atoms with Crippen molar-refractivity contribution < 1.29 is 4.79 Å². The second-order valence-electron chi connectivity index (χ2n) is 5.23. The average molecular weight is 348 g/mol. The molecule has 0 saturated carbocycles. The third-order valence-electron chi connectivity index (χ3n) is 2.87. The van der Waals surface area contributed by atoms with Gasteiger partial charge in [-0.3, -0.25) is 4.79 Å². The van der Waals surface area contributed by atoms with Crippen molar-refractivity contribution in [3.63, 3.8) is 0 Å². The molecule has 2 rings (SSSR count). The normalized spacial score (nSPS) is 10.7. The van der Waals surface area contributed by atoms with Crippen LogP contribution in [0.2, 0.25) is 0 Å². The Morgan fingerprint density at radius 3 is 2.76 bits per heavy atom. The first-order valence-electron chi connectivity index (χ1n) is 6.63. The van der Waals surface area contributed by atoms with E-state index in [-0.39, 0.29) is 5.91 Å². The first-order valence-corrected chi connectivity index (χ1v) is 7.42. The highest BCUT2D eigenvalue weighted by atomic mass is 79.9. The molecule has 2 aromatic rings. The number of hydrogen-bond acceptors (Lipinski definition) is 3. The van der Waals surface area contributed by atoms with E-state index in [0.717, 1.165) is 23.4 Å². The molecule has 21 heavy (non-hydrogen) atoms. The number of pyridine rings is 1. The van der Waals surface area contributed by atoms with Crippen molar-refractivity contribution in [1.29, 1.82) is 0 Å². The highest BCUT2D eigenvalue weighted by Crippen LogP contribution is 2.18. The zero-order valence-corrected chi connectivity index (χ0v) is 13.9. The SMILES string of the molecule is Cc1cc(CN(C)C)cc(NC(=O)c2ncccc2Br)c1. The molecule has 1 aromatic carbocycles. The van der Waals surface area contributed by atoms with E-state index in [1.54, 1.807) is 18.3 Å². The fourth-order valence-corrected chi connectivity index (χ4v) is 2.57. The predicted octanol–water partition coefficient (Wildman–Crippen LogP) is 3.47. The number of halogens is 1. The minimum atomic E-state index is -0.219. The summed E-state index contributed by atoms with van der Waals surface area (Å²) in [4.78, 5) is 18.5. The average Bonchev–Trinajstić information content (AvgIpc) is 2.37. The van der Waals surface area contributed by atoms with Crippen LogP contribution in [0.5, 0.6) is 0 Å². The Morgan fingerprint density at radius 1 is 1.33 bits per heavy atom. The fraction of sp³-hybridized carbons (Fsp3) is 0.250. The largest absolute Gasteiger partial charge is 0.321 e. The van der Waals surface area contributed by atoms with E-state index in [4.69, 9.17) is 0 Å². The Labute approximate surface area is 133 Å². The molecule has 1 N–H and O–H groups in total. The molecule has 110 valence electrons. The van der Waals surface area contributed by atoms with Crippen molar-refractivity contribution in [3.8, 4) is 0 Å². The third-order valence-corrected chi connectivity index (χ3v) is 3.51. The van der Waals surface area contributed by atoms with Gasteiger partial charge < -0.3 is 10.2 Å². The molecule has 1 heterocycles. The monoisotopic (exact) mass is 347 g/mol. The summed E-state index contributed by atoms with van der Waals surface area (Å²) in [7, 11) is 4.04. The van der Waals surface area contributed by atoms with Crippen LogP contribution in [0.1, 0.15) is 21.6 Å². The summed E-state index contributed by atoms with van der Waals surface area (Å²) < 4.78 is 0.684. The standard InChI is InChI=1S/C16H18BrN3O/c1-11-7-12(10-20(2)3)9-13(8-11)19-16(21)15-14(17)5-4-6-18-15/h4-9H,10H2,1-3H3,(H,19,21). The molecular formula is C16H18BrN3O. The van der Waals surface area contributed by atoms with Gasteiger partial charge in [0.15, 0.2) is 0 Å². The van der Waals surface area contributed by atoms with Crippen molar-refractivity contribution in [3.05, 3.63) is 57.8 Å². The molecule has 0 spiro atoms. The van der Waals surface area contributed by atoms with Crippen molar-refractivity contribution >= 4 is 27.5 Å². The molecule has 0 aliphatic carbocycles. The van der Waals surface area contributed by atoms with Crippen LogP contribution in [0.15, 0.2) is 41.0 Å². The molecule has 1 aromatic heterocycles. The van der Waals surface area contributed by atoms with Gasteiger partial charge in [-0.05, 0) is 72.3 Å². The first-order chi connectivity index (χ1) is 9.95. The van der Waals surface area contributed by atoms with Crippen LogP contribution >= 0.6 is 15.9 Å².